The first-order chi connectivity index (χ1) is 14.5. The van der Waals surface area contributed by atoms with E-state index < -0.39 is 0 Å². The smallest absolute Gasteiger partial charge is 0.0158 e. The predicted molar refractivity (Wildman–Crippen MR) is 132 cm³/mol. The van der Waals surface area contributed by atoms with E-state index in [-0.39, 0.29) is 0 Å². The molecule has 0 aliphatic carbocycles. The highest BCUT2D eigenvalue weighted by atomic mass is 32.2. The van der Waals surface area contributed by atoms with Crippen molar-refractivity contribution in [3.63, 3.8) is 0 Å². The van der Waals surface area contributed by atoms with E-state index in [1.54, 1.807) is 0 Å². The van der Waals surface area contributed by atoms with E-state index in [0.29, 0.717) is 0 Å². The fourth-order valence-corrected chi connectivity index (χ4v) is 5.28. The van der Waals surface area contributed by atoms with Crippen LogP contribution in [0.25, 0.3) is 0 Å². The standard InChI is InChI=1S/C27H40N2S/c1-28(2)17-9-5-7-11-22-13-15-26-24(19-22)21-25-20-23(14-16-27(25)30-26)12-8-6-10-18-29(3)4/h13-16,19-20H,5-12,17-18,21H2,1-4H3. The molecule has 0 aromatic heterocycles. The lowest BCUT2D eigenvalue weighted by Crippen LogP contribution is -2.12. The molecule has 1 heterocycles. The molecule has 3 heteroatoms. The second-order valence-corrected chi connectivity index (χ2v) is 10.5. The van der Waals surface area contributed by atoms with Crippen LogP contribution in [0.15, 0.2) is 46.2 Å². The molecule has 0 spiro atoms. The third-order valence-electron chi connectivity index (χ3n) is 5.99. The molecule has 0 N–H and O–H groups in total. The summed E-state index contributed by atoms with van der Waals surface area (Å²) in [6.45, 7) is 2.41. The molecular weight excluding hydrogens is 384 g/mol. The van der Waals surface area contributed by atoms with Crippen LogP contribution in [0, 0.1) is 0 Å². The van der Waals surface area contributed by atoms with Gasteiger partial charge >= 0.3 is 0 Å². The zero-order valence-electron chi connectivity index (χ0n) is 19.5. The summed E-state index contributed by atoms with van der Waals surface area (Å²) < 4.78 is 0. The van der Waals surface area contributed by atoms with Crippen molar-refractivity contribution >= 4 is 11.8 Å². The van der Waals surface area contributed by atoms with Crippen molar-refractivity contribution in [2.24, 2.45) is 0 Å². The van der Waals surface area contributed by atoms with Gasteiger partial charge in [-0.25, -0.2) is 0 Å². The van der Waals surface area contributed by atoms with E-state index in [9.17, 15) is 0 Å². The maximum absolute atomic E-state index is 2.48. The van der Waals surface area contributed by atoms with Gasteiger partial charge in [0, 0.05) is 9.79 Å². The minimum atomic E-state index is 1.10. The highest BCUT2D eigenvalue weighted by Gasteiger charge is 2.17. The predicted octanol–water partition coefficient (Wildman–Crippen LogP) is 6.29. The van der Waals surface area contributed by atoms with Gasteiger partial charge in [0.1, 0.15) is 0 Å². The van der Waals surface area contributed by atoms with Crippen LogP contribution in [0.5, 0.6) is 0 Å². The van der Waals surface area contributed by atoms with Crippen LogP contribution >= 0.6 is 11.8 Å². The third kappa shape index (κ3) is 7.44. The summed E-state index contributed by atoms with van der Waals surface area (Å²) in [7, 11) is 8.65. The molecule has 0 atom stereocenters. The molecule has 164 valence electrons. The zero-order valence-corrected chi connectivity index (χ0v) is 20.4. The lowest BCUT2D eigenvalue weighted by molar-refractivity contribution is 0.391. The van der Waals surface area contributed by atoms with Gasteiger partial charge in [-0.15, -0.1) is 0 Å². The largest absolute Gasteiger partial charge is 0.309 e. The number of hydrogen-bond donors (Lipinski definition) is 0. The number of fused-ring (bicyclic) bond motifs is 2. The van der Waals surface area contributed by atoms with Crippen molar-refractivity contribution in [3.05, 3.63) is 58.7 Å². The second-order valence-electron chi connectivity index (χ2n) is 9.39. The summed E-state index contributed by atoms with van der Waals surface area (Å²) in [6.07, 6.45) is 11.4. The van der Waals surface area contributed by atoms with Crippen LogP contribution < -0.4 is 0 Å². The maximum atomic E-state index is 2.48. The highest BCUT2D eigenvalue weighted by molar-refractivity contribution is 7.99. The van der Waals surface area contributed by atoms with E-state index in [2.05, 4.69) is 74.4 Å². The van der Waals surface area contributed by atoms with Gasteiger partial charge in [0.05, 0.1) is 0 Å². The second kappa shape index (κ2) is 11.9. The van der Waals surface area contributed by atoms with Gasteiger partial charge in [0.15, 0.2) is 0 Å². The Hall–Kier alpha value is -1.29. The lowest BCUT2D eigenvalue weighted by Gasteiger charge is -2.21. The molecule has 2 aromatic carbocycles. The summed E-state index contributed by atoms with van der Waals surface area (Å²) >= 11 is 1.96. The number of hydrogen-bond acceptors (Lipinski definition) is 3. The van der Waals surface area contributed by atoms with Crippen LogP contribution in [0.3, 0.4) is 0 Å². The summed E-state index contributed by atoms with van der Waals surface area (Å²) in [5, 5.41) is 0. The molecule has 30 heavy (non-hydrogen) atoms. The maximum Gasteiger partial charge on any atom is 0.0158 e. The quantitative estimate of drug-likeness (QED) is 0.315. The Bertz CT molecular complexity index is 732. The van der Waals surface area contributed by atoms with E-state index in [1.165, 1.54) is 96.5 Å². The van der Waals surface area contributed by atoms with Crippen LogP contribution in [-0.4, -0.2) is 51.1 Å². The Balaban J connectivity index is 1.52. The van der Waals surface area contributed by atoms with Crippen molar-refractivity contribution in [1.29, 1.82) is 0 Å². The first-order valence-corrected chi connectivity index (χ1v) is 12.5. The van der Waals surface area contributed by atoms with Crippen molar-refractivity contribution in [1.82, 2.24) is 9.80 Å². The summed E-state index contributed by atoms with van der Waals surface area (Å²) in [5.74, 6) is 0. The molecular formula is C27H40N2S. The van der Waals surface area contributed by atoms with Gasteiger partial charge in [0.2, 0.25) is 0 Å². The number of rotatable bonds is 12. The molecule has 2 aromatic rings. The average Bonchev–Trinajstić information content (AvgIpc) is 2.71. The normalized spacial score (nSPS) is 13.0. The summed E-state index contributed by atoms with van der Waals surface area (Å²) in [5.41, 5.74) is 6.09. The molecule has 1 aliphatic heterocycles. The van der Waals surface area contributed by atoms with Gasteiger partial charge in [-0.05, 0) is 121 Å². The van der Waals surface area contributed by atoms with Crippen LogP contribution in [0.4, 0.5) is 0 Å². The van der Waals surface area contributed by atoms with Gasteiger partial charge in [-0.2, -0.15) is 0 Å². The topological polar surface area (TPSA) is 6.48 Å². The molecule has 0 fully saturated rings. The third-order valence-corrected chi connectivity index (χ3v) is 7.23. The molecule has 0 saturated heterocycles. The highest BCUT2D eigenvalue weighted by Crippen LogP contribution is 2.40. The Labute approximate surface area is 189 Å². The van der Waals surface area contributed by atoms with E-state index in [1.807, 2.05) is 11.8 Å². The minimum absolute atomic E-state index is 1.10. The first kappa shape index (κ1) is 23.4. The van der Waals surface area contributed by atoms with Crippen molar-refractivity contribution in [2.45, 2.75) is 67.6 Å². The molecule has 1 aliphatic rings. The zero-order chi connectivity index (χ0) is 21.3. The minimum Gasteiger partial charge on any atom is -0.309 e. The molecule has 0 bridgehead atoms. The number of unbranched alkanes of at least 4 members (excludes halogenated alkanes) is 4. The van der Waals surface area contributed by atoms with Crippen molar-refractivity contribution < 1.29 is 0 Å². The summed E-state index contributed by atoms with van der Waals surface area (Å²) in [6, 6.07) is 14.4. The molecule has 0 radical (unpaired) electrons. The van der Waals surface area contributed by atoms with Crippen LogP contribution in [0.2, 0.25) is 0 Å². The van der Waals surface area contributed by atoms with Crippen LogP contribution in [0.1, 0.15) is 60.8 Å². The summed E-state index contributed by atoms with van der Waals surface area (Å²) in [4.78, 5) is 7.47. The van der Waals surface area contributed by atoms with E-state index in [0.717, 1.165) is 6.42 Å². The first-order valence-electron chi connectivity index (χ1n) is 11.7. The van der Waals surface area contributed by atoms with Crippen molar-refractivity contribution in [2.75, 3.05) is 41.3 Å². The van der Waals surface area contributed by atoms with Gasteiger partial charge in [0.25, 0.3) is 0 Å². The number of aryl methyl sites for hydroxylation is 2. The Morgan fingerprint density at radius 1 is 0.633 bits per heavy atom. The van der Waals surface area contributed by atoms with E-state index >= 15 is 0 Å². The SMILES string of the molecule is CN(C)CCCCCc1ccc2c(c1)Cc1cc(CCCCCN(C)C)ccc1S2. The fourth-order valence-electron chi connectivity index (χ4n) is 4.24. The fraction of sp³-hybridized carbons (Fsp3) is 0.556. The molecule has 0 unspecified atom stereocenters. The lowest BCUT2D eigenvalue weighted by atomic mass is 9.97. The monoisotopic (exact) mass is 424 g/mol. The molecule has 0 amide bonds. The molecule has 2 nitrogen and oxygen atoms in total. The molecule has 0 saturated carbocycles. The Morgan fingerprint density at radius 2 is 1.10 bits per heavy atom. The molecule has 3 rings (SSSR count). The Kier molecular flexibility index (Phi) is 9.29. The van der Waals surface area contributed by atoms with Crippen molar-refractivity contribution in [3.8, 4) is 0 Å². The van der Waals surface area contributed by atoms with E-state index in [4.69, 9.17) is 0 Å². The number of nitrogens with zero attached hydrogens (tertiary/aromatic N) is 2. The number of benzene rings is 2. The van der Waals surface area contributed by atoms with Gasteiger partial charge in [-0.3, -0.25) is 0 Å². The van der Waals surface area contributed by atoms with Gasteiger partial charge < -0.3 is 9.80 Å². The average molecular weight is 425 g/mol. The van der Waals surface area contributed by atoms with Crippen LogP contribution in [-0.2, 0) is 19.3 Å². The Morgan fingerprint density at radius 3 is 1.53 bits per heavy atom. The van der Waals surface area contributed by atoms with Gasteiger partial charge in [-0.1, -0.05) is 48.9 Å².